The van der Waals surface area contributed by atoms with E-state index in [1.54, 1.807) is 41.5 Å². The highest BCUT2D eigenvalue weighted by molar-refractivity contribution is 6.01. The van der Waals surface area contributed by atoms with Crippen LogP contribution >= 0.6 is 0 Å². The zero-order valence-electron chi connectivity index (χ0n) is 16.8. The number of aliphatic imine (C=N–C) groups is 1. The predicted octanol–water partition coefficient (Wildman–Crippen LogP) is 2.09. The fourth-order valence-corrected chi connectivity index (χ4v) is 1.62. The molecule has 0 spiro atoms. The number of amides is 2. The van der Waals surface area contributed by atoms with Crippen LogP contribution < -0.4 is 16.4 Å². The highest BCUT2D eigenvalue weighted by atomic mass is 16.6. The number of nitrogens with two attached hydrogens (primary N) is 1. The summed E-state index contributed by atoms with van der Waals surface area (Å²) in [7, 11) is 0. The number of carbonyl (C=O) groups is 3. The second kappa shape index (κ2) is 10.1. The Kier molecular flexibility index (Phi) is 9.26. The van der Waals surface area contributed by atoms with Crippen LogP contribution in [0, 0.1) is 0 Å². The molecule has 0 aromatic rings. The van der Waals surface area contributed by atoms with Crippen molar-refractivity contribution >= 4 is 23.9 Å². The van der Waals surface area contributed by atoms with Gasteiger partial charge < -0.3 is 15.2 Å². The van der Waals surface area contributed by atoms with Crippen LogP contribution in [0.2, 0.25) is 0 Å². The molecular weight excluding hydrogens is 340 g/mol. The Balaban J connectivity index is 4.86. The minimum atomic E-state index is -0.757. The molecular formula is C17H32N4O5. The molecule has 9 heteroatoms. The lowest BCUT2D eigenvalue weighted by molar-refractivity contribution is -0.118. The molecule has 0 rings (SSSR count). The van der Waals surface area contributed by atoms with Gasteiger partial charge in [-0.05, 0) is 61.3 Å². The number of alkyl carbamates (subject to hydrolysis) is 2. The molecule has 0 aliphatic heterocycles. The van der Waals surface area contributed by atoms with E-state index in [1.807, 2.05) is 0 Å². The van der Waals surface area contributed by atoms with E-state index in [9.17, 15) is 14.4 Å². The Morgan fingerprint density at radius 3 is 1.73 bits per heavy atom. The van der Waals surface area contributed by atoms with E-state index in [0.717, 1.165) is 0 Å². The number of carbonyl (C=O) groups excluding carboxylic acids is 3. The lowest BCUT2D eigenvalue weighted by Crippen LogP contribution is -2.47. The molecule has 9 nitrogen and oxygen atoms in total. The van der Waals surface area contributed by atoms with Crippen molar-refractivity contribution < 1.29 is 23.9 Å². The van der Waals surface area contributed by atoms with Gasteiger partial charge in [-0.3, -0.25) is 20.4 Å². The van der Waals surface area contributed by atoms with Crippen molar-refractivity contribution in [2.45, 2.75) is 78.6 Å². The van der Waals surface area contributed by atoms with Gasteiger partial charge in [0.25, 0.3) is 0 Å². The van der Waals surface area contributed by atoms with Crippen LogP contribution in [0.15, 0.2) is 4.99 Å². The summed E-state index contributed by atoms with van der Waals surface area (Å²) in [4.78, 5) is 39.0. The molecule has 0 aliphatic carbocycles. The molecule has 150 valence electrons. The number of Topliss-reactive ketones (excluding diaryl/α,β-unsaturated/α-hetero) is 1. The Bertz CT molecular complexity index is 500. The second-order valence-electron chi connectivity index (χ2n) is 7.84. The normalized spacial score (nSPS) is 12.6. The van der Waals surface area contributed by atoms with E-state index in [0.29, 0.717) is 12.8 Å². The first kappa shape index (κ1) is 23.8. The summed E-state index contributed by atoms with van der Waals surface area (Å²) in [5, 5.41) is 4.76. The van der Waals surface area contributed by atoms with Gasteiger partial charge in [0.1, 0.15) is 17.0 Å². The molecule has 4 N–H and O–H groups in total. The van der Waals surface area contributed by atoms with Gasteiger partial charge in [-0.15, -0.1) is 0 Å². The fourth-order valence-electron chi connectivity index (χ4n) is 1.62. The molecule has 0 heterocycles. The summed E-state index contributed by atoms with van der Waals surface area (Å²) < 4.78 is 10.3. The highest BCUT2D eigenvalue weighted by Gasteiger charge is 2.21. The van der Waals surface area contributed by atoms with E-state index in [2.05, 4.69) is 15.6 Å². The van der Waals surface area contributed by atoms with E-state index < -0.39 is 29.4 Å². The number of nitrogens with one attached hydrogen (secondary N) is 2. The highest BCUT2D eigenvalue weighted by Crippen LogP contribution is 2.07. The quantitative estimate of drug-likeness (QED) is 0.384. The minimum Gasteiger partial charge on any atom is -0.444 e. The summed E-state index contributed by atoms with van der Waals surface area (Å²) in [6, 6.07) is -0.550. The Morgan fingerprint density at radius 1 is 0.962 bits per heavy atom. The maximum Gasteiger partial charge on any atom is 0.414 e. The molecule has 0 bridgehead atoms. The van der Waals surface area contributed by atoms with Crippen LogP contribution in [-0.4, -0.2) is 47.7 Å². The SMILES string of the molecule is CC(=O)[C@H](N)CCCN=C(NC(=O)OC(C)(C)C)NC(=O)OC(C)(C)C. The molecule has 26 heavy (non-hydrogen) atoms. The molecule has 0 saturated carbocycles. The van der Waals surface area contributed by atoms with Gasteiger partial charge in [0, 0.05) is 6.54 Å². The fraction of sp³-hybridized carbons (Fsp3) is 0.765. The maximum atomic E-state index is 11.9. The van der Waals surface area contributed by atoms with Gasteiger partial charge in [-0.1, -0.05) is 0 Å². The largest absolute Gasteiger partial charge is 0.444 e. The monoisotopic (exact) mass is 372 g/mol. The van der Waals surface area contributed by atoms with Gasteiger partial charge in [0.2, 0.25) is 5.96 Å². The molecule has 0 radical (unpaired) electrons. The number of ether oxygens (including phenoxy) is 2. The van der Waals surface area contributed by atoms with Crippen molar-refractivity contribution in [3.05, 3.63) is 0 Å². The topological polar surface area (TPSA) is 132 Å². The standard InChI is InChI=1S/C17H32N4O5/c1-11(22)12(18)9-8-10-19-13(20-14(23)25-16(2,3)4)21-15(24)26-17(5,6)7/h12H,8-10,18H2,1-7H3,(H2,19,20,21,23,24)/t12-/m1/s1. The Morgan fingerprint density at radius 2 is 1.38 bits per heavy atom. The van der Waals surface area contributed by atoms with E-state index in [4.69, 9.17) is 15.2 Å². The number of hydrogen-bond acceptors (Lipinski definition) is 7. The van der Waals surface area contributed by atoms with E-state index in [-0.39, 0.29) is 18.3 Å². The van der Waals surface area contributed by atoms with Crippen LogP contribution in [0.3, 0.4) is 0 Å². The number of nitrogens with zero attached hydrogens (tertiary/aromatic N) is 1. The van der Waals surface area contributed by atoms with Crippen molar-refractivity contribution in [3.8, 4) is 0 Å². The molecule has 0 aromatic heterocycles. The molecule has 0 fully saturated rings. The van der Waals surface area contributed by atoms with Crippen LogP contribution in [0.25, 0.3) is 0 Å². The zero-order valence-corrected chi connectivity index (χ0v) is 16.8. The number of guanidine groups is 1. The molecule has 1 atom stereocenters. The van der Waals surface area contributed by atoms with Crippen LogP contribution in [0.1, 0.15) is 61.3 Å². The van der Waals surface area contributed by atoms with Crippen molar-refractivity contribution in [2.24, 2.45) is 10.7 Å². The van der Waals surface area contributed by atoms with E-state index >= 15 is 0 Å². The van der Waals surface area contributed by atoms with Gasteiger partial charge in [0.15, 0.2) is 0 Å². The van der Waals surface area contributed by atoms with Crippen molar-refractivity contribution in [1.82, 2.24) is 10.6 Å². The van der Waals surface area contributed by atoms with E-state index in [1.165, 1.54) is 6.92 Å². The molecule has 2 amide bonds. The summed E-state index contributed by atoms with van der Waals surface area (Å²) in [6.45, 7) is 12.0. The second-order valence-corrected chi connectivity index (χ2v) is 7.84. The summed E-state index contributed by atoms with van der Waals surface area (Å²) >= 11 is 0. The van der Waals surface area contributed by atoms with Crippen LogP contribution in [-0.2, 0) is 14.3 Å². The first-order chi connectivity index (χ1) is 11.7. The van der Waals surface area contributed by atoms with Crippen molar-refractivity contribution in [1.29, 1.82) is 0 Å². The number of hydrogen-bond donors (Lipinski definition) is 3. The number of ketones is 1. The molecule has 0 aliphatic rings. The third-order valence-electron chi connectivity index (χ3n) is 2.70. The molecule has 0 saturated heterocycles. The summed E-state index contributed by atoms with van der Waals surface area (Å²) in [5.74, 6) is -0.196. The third-order valence-corrected chi connectivity index (χ3v) is 2.70. The molecule has 0 unspecified atom stereocenters. The molecule has 0 aromatic carbocycles. The maximum absolute atomic E-state index is 11.9. The summed E-state index contributed by atoms with van der Waals surface area (Å²) in [6.07, 6.45) is -0.554. The van der Waals surface area contributed by atoms with Gasteiger partial charge >= 0.3 is 12.2 Å². The Hall–Kier alpha value is -2.16. The lowest BCUT2D eigenvalue weighted by Gasteiger charge is -2.22. The first-order valence-corrected chi connectivity index (χ1v) is 8.50. The average Bonchev–Trinajstić information content (AvgIpc) is 2.38. The van der Waals surface area contributed by atoms with Crippen molar-refractivity contribution in [2.75, 3.05) is 6.54 Å². The lowest BCUT2D eigenvalue weighted by atomic mass is 10.1. The van der Waals surface area contributed by atoms with Crippen molar-refractivity contribution in [3.63, 3.8) is 0 Å². The van der Waals surface area contributed by atoms with Crippen LogP contribution in [0.5, 0.6) is 0 Å². The van der Waals surface area contributed by atoms with Crippen LogP contribution in [0.4, 0.5) is 9.59 Å². The predicted molar refractivity (Wildman–Crippen MR) is 98.9 cm³/mol. The van der Waals surface area contributed by atoms with Gasteiger partial charge in [-0.2, -0.15) is 0 Å². The third kappa shape index (κ3) is 13.2. The Labute approximate surface area is 155 Å². The smallest absolute Gasteiger partial charge is 0.414 e. The first-order valence-electron chi connectivity index (χ1n) is 8.50. The minimum absolute atomic E-state index is 0.0927. The average molecular weight is 372 g/mol. The zero-order chi connectivity index (χ0) is 20.5. The van der Waals surface area contributed by atoms with Gasteiger partial charge in [-0.25, -0.2) is 9.59 Å². The number of rotatable bonds is 5. The summed E-state index contributed by atoms with van der Waals surface area (Å²) in [5.41, 5.74) is 4.26. The van der Waals surface area contributed by atoms with Gasteiger partial charge in [0.05, 0.1) is 6.04 Å².